The predicted molar refractivity (Wildman–Crippen MR) is 63.4 cm³/mol. The van der Waals surface area contributed by atoms with Crippen LogP contribution in [0.3, 0.4) is 0 Å². The molecular formula is C12H19N3O. The second-order valence-electron chi connectivity index (χ2n) is 4.52. The number of aliphatic hydroxyl groups is 1. The molecule has 1 fully saturated rings. The van der Waals surface area contributed by atoms with Crippen LogP contribution in [-0.4, -0.2) is 35.0 Å². The Kier molecular flexibility index (Phi) is 3.72. The molecule has 1 aliphatic heterocycles. The van der Waals surface area contributed by atoms with Gasteiger partial charge in [0.05, 0.1) is 17.6 Å². The lowest BCUT2D eigenvalue weighted by molar-refractivity contribution is 0.244. The Balaban J connectivity index is 2.03. The van der Waals surface area contributed by atoms with Crippen LogP contribution in [0.5, 0.6) is 0 Å². The summed E-state index contributed by atoms with van der Waals surface area (Å²) < 4.78 is 0. The van der Waals surface area contributed by atoms with E-state index in [9.17, 15) is 0 Å². The minimum Gasteiger partial charge on any atom is -0.396 e. The Hall–Kier alpha value is -1.16. The number of nitrogens with zero attached hydrogens (tertiary/aromatic N) is 3. The van der Waals surface area contributed by atoms with Crippen LogP contribution in [0.4, 0.5) is 5.69 Å². The molecule has 1 aliphatic rings. The molecule has 2 heterocycles. The highest BCUT2D eigenvalue weighted by Gasteiger charge is 2.19. The SMILES string of the molecule is Cc1cc(N2CCCC(CCO)C2)cnn1. The molecule has 1 unspecified atom stereocenters. The van der Waals surface area contributed by atoms with Gasteiger partial charge < -0.3 is 10.0 Å². The van der Waals surface area contributed by atoms with Crippen molar-refractivity contribution in [3.8, 4) is 0 Å². The van der Waals surface area contributed by atoms with E-state index in [0.29, 0.717) is 12.5 Å². The van der Waals surface area contributed by atoms with Crippen molar-refractivity contribution in [1.82, 2.24) is 10.2 Å². The molecule has 1 atom stereocenters. The highest BCUT2D eigenvalue weighted by molar-refractivity contribution is 5.44. The Morgan fingerprint density at radius 2 is 2.44 bits per heavy atom. The van der Waals surface area contributed by atoms with E-state index in [1.807, 2.05) is 13.1 Å². The molecule has 0 aromatic carbocycles. The van der Waals surface area contributed by atoms with Gasteiger partial charge in [-0.2, -0.15) is 10.2 Å². The lowest BCUT2D eigenvalue weighted by atomic mass is 9.95. The Morgan fingerprint density at radius 3 is 3.19 bits per heavy atom. The minimum absolute atomic E-state index is 0.298. The van der Waals surface area contributed by atoms with Crippen LogP contribution < -0.4 is 4.90 Å². The second kappa shape index (κ2) is 5.25. The summed E-state index contributed by atoms with van der Waals surface area (Å²) in [4.78, 5) is 2.35. The van der Waals surface area contributed by atoms with Crippen LogP contribution in [-0.2, 0) is 0 Å². The van der Waals surface area contributed by atoms with E-state index in [0.717, 1.165) is 30.9 Å². The van der Waals surface area contributed by atoms with Crippen molar-refractivity contribution in [3.05, 3.63) is 18.0 Å². The second-order valence-corrected chi connectivity index (χ2v) is 4.52. The molecule has 1 aromatic rings. The van der Waals surface area contributed by atoms with Crippen LogP contribution in [0.25, 0.3) is 0 Å². The van der Waals surface area contributed by atoms with Crippen molar-refractivity contribution >= 4 is 5.69 Å². The summed E-state index contributed by atoms with van der Waals surface area (Å²) >= 11 is 0. The van der Waals surface area contributed by atoms with Crippen molar-refractivity contribution in [2.24, 2.45) is 5.92 Å². The first kappa shape index (κ1) is 11.3. The monoisotopic (exact) mass is 221 g/mol. The molecule has 0 radical (unpaired) electrons. The zero-order valence-electron chi connectivity index (χ0n) is 9.76. The molecule has 4 nitrogen and oxygen atoms in total. The number of rotatable bonds is 3. The van der Waals surface area contributed by atoms with Gasteiger partial charge in [-0.05, 0) is 38.2 Å². The maximum atomic E-state index is 8.98. The lowest BCUT2D eigenvalue weighted by Crippen LogP contribution is -2.35. The van der Waals surface area contributed by atoms with E-state index in [2.05, 4.69) is 21.2 Å². The fourth-order valence-corrected chi connectivity index (χ4v) is 2.35. The molecule has 1 N–H and O–H groups in total. The van der Waals surface area contributed by atoms with E-state index in [1.54, 1.807) is 0 Å². The number of aryl methyl sites for hydroxylation is 1. The molecule has 4 heteroatoms. The third-order valence-corrected chi connectivity index (χ3v) is 3.18. The molecule has 0 saturated carbocycles. The largest absolute Gasteiger partial charge is 0.396 e. The molecular weight excluding hydrogens is 202 g/mol. The highest BCUT2D eigenvalue weighted by Crippen LogP contribution is 2.24. The summed E-state index contributed by atoms with van der Waals surface area (Å²) in [6, 6.07) is 2.08. The van der Waals surface area contributed by atoms with E-state index in [4.69, 9.17) is 5.11 Å². The maximum Gasteiger partial charge on any atom is 0.0730 e. The van der Waals surface area contributed by atoms with Gasteiger partial charge in [-0.1, -0.05) is 0 Å². The smallest absolute Gasteiger partial charge is 0.0730 e. The first-order valence-electron chi connectivity index (χ1n) is 5.94. The van der Waals surface area contributed by atoms with E-state index >= 15 is 0 Å². The number of aliphatic hydroxyl groups excluding tert-OH is 1. The zero-order chi connectivity index (χ0) is 11.4. The number of hydrogen-bond acceptors (Lipinski definition) is 4. The summed E-state index contributed by atoms with van der Waals surface area (Å²) in [5, 5.41) is 16.9. The van der Waals surface area contributed by atoms with Crippen LogP contribution in [0.2, 0.25) is 0 Å². The summed E-state index contributed by atoms with van der Waals surface area (Å²) in [6.07, 6.45) is 5.17. The quantitative estimate of drug-likeness (QED) is 0.838. The van der Waals surface area contributed by atoms with Crippen LogP contribution in [0, 0.1) is 12.8 Å². The molecule has 1 aromatic heterocycles. The normalized spacial score (nSPS) is 21.1. The van der Waals surface area contributed by atoms with Gasteiger partial charge in [0.2, 0.25) is 0 Å². The van der Waals surface area contributed by atoms with Crippen molar-refractivity contribution in [3.63, 3.8) is 0 Å². The van der Waals surface area contributed by atoms with Crippen molar-refractivity contribution in [2.45, 2.75) is 26.2 Å². The fraction of sp³-hybridized carbons (Fsp3) is 0.667. The lowest BCUT2D eigenvalue weighted by Gasteiger charge is -2.34. The van der Waals surface area contributed by atoms with Gasteiger partial charge in [-0.3, -0.25) is 0 Å². The molecule has 0 aliphatic carbocycles. The van der Waals surface area contributed by atoms with E-state index in [-0.39, 0.29) is 0 Å². The summed E-state index contributed by atoms with van der Waals surface area (Å²) in [7, 11) is 0. The van der Waals surface area contributed by atoms with E-state index in [1.165, 1.54) is 12.8 Å². The summed E-state index contributed by atoms with van der Waals surface area (Å²) in [5.74, 6) is 0.618. The Bertz CT molecular complexity index is 341. The van der Waals surface area contributed by atoms with Crippen LogP contribution in [0.1, 0.15) is 25.0 Å². The topological polar surface area (TPSA) is 49.2 Å². The molecule has 16 heavy (non-hydrogen) atoms. The van der Waals surface area contributed by atoms with Crippen molar-refractivity contribution < 1.29 is 5.11 Å². The van der Waals surface area contributed by atoms with Gasteiger partial charge in [0.1, 0.15) is 0 Å². The number of piperidine rings is 1. The van der Waals surface area contributed by atoms with Gasteiger partial charge in [0.15, 0.2) is 0 Å². The van der Waals surface area contributed by atoms with Gasteiger partial charge in [0.25, 0.3) is 0 Å². The fourth-order valence-electron chi connectivity index (χ4n) is 2.35. The number of aromatic nitrogens is 2. The Morgan fingerprint density at radius 1 is 1.56 bits per heavy atom. The first-order valence-corrected chi connectivity index (χ1v) is 5.94. The average Bonchev–Trinajstić information content (AvgIpc) is 2.30. The number of hydrogen-bond donors (Lipinski definition) is 1. The molecule has 0 spiro atoms. The maximum absolute atomic E-state index is 8.98. The molecule has 2 rings (SSSR count). The molecule has 0 amide bonds. The molecule has 88 valence electrons. The van der Waals surface area contributed by atoms with Crippen molar-refractivity contribution in [2.75, 3.05) is 24.6 Å². The van der Waals surface area contributed by atoms with Gasteiger partial charge in [-0.15, -0.1) is 0 Å². The standard InChI is InChI=1S/C12H19N3O/c1-10-7-12(8-13-14-10)15-5-2-3-11(9-15)4-6-16/h7-8,11,16H,2-6,9H2,1H3. The molecule has 0 bridgehead atoms. The third kappa shape index (κ3) is 2.70. The third-order valence-electron chi connectivity index (χ3n) is 3.18. The minimum atomic E-state index is 0.298. The van der Waals surface area contributed by atoms with Crippen LogP contribution in [0.15, 0.2) is 12.3 Å². The van der Waals surface area contributed by atoms with Crippen molar-refractivity contribution in [1.29, 1.82) is 0 Å². The molecule has 1 saturated heterocycles. The Labute approximate surface area is 96.3 Å². The first-order chi connectivity index (χ1) is 7.79. The number of anilines is 1. The van der Waals surface area contributed by atoms with E-state index < -0.39 is 0 Å². The average molecular weight is 221 g/mol. The van der Waals surface area contributed by atoms with Gasteiger partial charge >= 0.3 is 0 Å². The predicted octanol–water partition coefficient (Wildman–Crippen LogP) is 1.38. The van der Waals surface area contributed by atoms with Crippen LogP contribution >= 0.6 is 0 Å². The zero-order valence-corrected chi connectivity index (χ0v) is 9.76. The van der Waals surface area contributed by atoms with Gasteiger partial charge in [-0.25, -0.2) is 0 Å². The summed E-state index contributed by atoms with van der Waals surface area (Å²) in [5.41, 5.74) is 2.12. The summed E-state index contributed by atoms with van der Waals surface area (Å²) in [6.45, 7) is 4.39. The highest BCUT2D eigenvalue weighted by atomic mass is 16.3. The van der Waals surface area contributed by atoms with Gasteiger partial charge in [0, 0.05) is 19.7 Å².